The second kappa shape index (κ2) is 7.41. The summed E-state index contributed by atoms with van der Waals surface area (Å²) < 4.78 is 52.6. The number of rotatable bonds is 6. The van der Waals surface area contributed by atoms with Crippen LogP contribution in [0.3, 0.4) is 0 Å². The molecule has 12 heteroatoms. The van der Waals surface area contributed by atoms with E-state index in [1.807, 2.05) is 0 Å². The van der Waals surface area contributed by atoms with Gasteiger partial charge in [0, 0.05) is 25.9 Å². The standard InChI is InChI=1S/C15H21F2N3O5S2/c1-14(2,8-21)13(23)19-12-9(11(18)22)7-10(26-12)27(24,25)20-5-3-15(16,17)4-6-20/h7,21H,3-6,8H2,1-2H3,(H2,18,22)(H,19,23). The average molecular weight is 425 g/mol. The van der Waals surface area contributed by atoms with Crippen molar-refractivity contribution in [2.45, 2.75) is 36.8 Å². The van der Waals surface area contributed by atoms with E-state index in [0.29, 0.717) is 11.3 Å². The lowest BCUT2D eigenvalue weighted by molar-refractivity contribution is -0.125. The Kier molecular flexibility index (Phi) is 5.95. The van der Waals surface area contributed by atoms with Crippen molar-refractivity contribution in [1.82, 2.24) is 4.31 Å². The molecule has 27 heavy (non-hydrogen) atoms. The number of carbonyl (C=O) groups excluding carboxylic acids is 2. The molecule has 1 fully saturated rings. The Balaban J connectivity index is 2.33. The van der Waals surface area contributed by atoms with Gasteiger partial charge in [0.25, 0.3) is 21.9 Å². The molecule has 1 aromatic heterocycles. The number of nitrogens with one attached hydrogen (secondary N) is 1. The van der Waals surface area contributed by atoms with E-state index in [1.165, 1.54) is 13.8 Å². The Bertz CT molecular complexity index is 842. The van der Waals surface area contributed by atoms with Gasteiger partial charge in [-0.3, -0.25) is 9.59 Å². The largest absolute Gasteiger partial charge is 0.395 e. The van der Waals surface area contributed by atoms with Crippen molar-refractivity contribution in [2.24, 2.45) is 11.1 Å². The third-order valence-corrected chi connectivity index (χ3v) is 7.66. The van der Waals surface area contributed by atoms with Gasteiger partial charge in [-0.25, -0.2) is 17.2 Å². The molecular weight excluding hydrogens is 404 g/mol. The molecule has 0 aliphatic carbocycles. The van der Waals surface area contributed by atoms with Crippen molar-refractivity contribution in [3.05, 3.63) is 11.6 Å². The monoisotopic (exact) mass is 425 g/mol. The van der Waals surface area contributed by atoms with Gasteiger partial charge in [-0.05, 0) is 19.9 Å². The second-order valence-electron chi connectivity index (χ2n) is 6.93. The number of nitrogens with zero attached hydrogens (tertiary/aromatic N) is 1. The van der Waals surface area contributed by atoms with Crippen molar-refractivity contribution in [1.29, 1.82) is 0 Å². The predicted octanol–water partition coefficient (Wildman–Crippen LogP) is 1.22. The molecule has 1 aliphatic rings. The van der Waals surface area contributed by atoms with Crippen LogP contribution in [0.1, 0.15) is 37.0 Å². The molecule has 152 valence electrons. The van der Waals surface area contributed by atoms with Gasteiger partial charge in [-0.15, -0.1) is 11.3 Å². The molecule has 8 nitrogen and oxygen atoms in total. The van der Waals surface area contributed by atoms with Crippen LogP contribution < -0.4 is 11.1 Å². The second-order valence-corrected chi connectivity index (χ2v) is 10.1. The van der Waals surface area contributed by atoms with Gasteiger partial charge < -0.3 is 16.2 Å². The van der Waals surface area contributed by atoms with Crippen LogP contribution in [0.5, 0.6) is 0 Å². The minimum Gasteiger partial charge on any atom is -0.395 e. The quantitative estimate of drug-likeness (QED) is 0.631. The van der Waals surface area contributed by atoms with Gasteiger partial charge in [0.15, 0.2) is 0 Å². The van der Waals surface area contributed by atoms with Gasteiger partial charge in [0.1, 0.15) is 9.21 Å². The van der Waals surface area contributed by atoms with E-state index in [4.69, 9.17) is 5.73 Å². The molecule has 1 saturated heterocycles. The van der Waals surface area contributed by atoms with E-state index in [2.05, 4.69) is 5.32 Å². The van der Waals surface area contributed by atoms with Gasteiger partial charge in [-0.1, -0.05) is 0 Å². The molecular formula is C15H21F2N3O5S2. The highest BCUT2D eigenvalue weighted by Crippen LogP contribution is 2.36. The van der Waals surface area contributed by atoms with Crippen LogP contribution in [0, 0.1) is 5.41 Å². The summed E-state index contributed by atoms with van der Waals surface area (Å²) in [5.74, 6) is -4.49. The van der Waals surface area contributed by atoms with Crippen LogP contribution in [0.4, 0.5) is 13.8 Å². The zero-order valence-corrected chi connectivity index (χ0v) is 16.4. The van der Waals surface area contributed by atoms with E-state index >= 15 is 0 Å². The van der Waals surface area contributed by atoms with E-state index in [-0.39, 0.29) is 27.9 Å². The third-order valence-electron chi connectivity index (χ3n) is 4.26. The first-order valence-corrected chi connectivity index (χ1v) is 10.3. The van der Waals surface area contributed by atoms with Crippen LogP contribution in [0.25, 0.3) is 0 Å². The number of sulfonamides is 1. The Morgan fingerprint density at radius 1 is 1.37 bits per heavy atom. The Labute approximate surface area is 159 Å². The maximum atomic E-state index is 13.3. The number of nitrogens with two attached hydrogens (primary N) is 1. The molecule has 0 unspecified atom stereocenters. The summed E-state index contributed by atoms with van der Waals surface area (Å²) in [6.45, 7) is 1.76. The lowest BCUT2D eigenvalue weighted by atomic mass is 9.94. The highest BCUT2D eigenvalue weighted by atomic mass is 32.2. The number of halogens is 2. The number of amides is 2. The minimum atomic E-state index is -4.11. The summed E-state index contributed by atoms with van der Waals surface area (Å²) in [5.41, 5.74) is 3.89. The number of primary amides is 1. The number of aliphatic hydroxyl groups is 1. The average Bonchev–Trinajstić information content (AvgIpc) is 2.99. The number of carbonyl (C=O) groups is 2. The zero-order valence-electron chi connectivity index (χ0n) is 14.8. The third kappa shape index (κ3) is 4.62. The van der Waals surface area contributed by atoms with Crippen LogP contribution in [0.15, 0.2) is 10.3 Å². The molecule has 4 N–H and O–H groups in total. The smallest absolute Gasteiger partial charge is 0.252 e. The van der Waals surface area contributed by atoms with E-state index in [1.54, 1.807) is 0 Å². The van der Waals surface area contributed by atoms with Crippen LogP contribution >= 0.6 is 11.3 Å². The van der Waals surface area contributed by atoms with Crippen molar-refractivity contribution >= 4 is 38.2 Å². The summed E-state index contributed by atoms with van der Waals surface area (Å²) in [6, 6.07) is 1.02. The summed E-state index contributed by atoms with van der Waals surface area (Å²) in [7, 11) is -4.11. The number of anilines is 1. The Hall–Kier alpha value is -1.63. The number of piperidine rings is 1. The fourth-order valence-electron chi connectivity index (χ4n) is 2.30. The first-order chi connectivity index (χ1) is 12.3. The van der Waals surface area contributed by atoms with Gasteiger partial charge in [0.05, 0.1) is 17.6 Å². The fourth-order valence-corrected chi connectivity index (χ4v) is 5.26. The molecule has 0 atom stereocenters. The molecule has 1 aromatic rings. The van der Waals surface area contributed by atoms with Gasteiger partial charge in [-0.2, -0.15) is 4.31 Å². The van der Waals surface area contributed by atoms with Crippen molar-refractivity contribution in [2.75, 3.05) is 25.0 Å². The highest BCUT2D eigenvalue weighted by molar-refractivity contribution is 7.91. The first kappa shape index (κ1) is 21.7. The number of aliphatic hydroxyl groups excluding tert-OH is 1. The Morgan fingerprint density at radius 3 is 2.41 bits per heavy atom. The number of thiophene rings is 1. The molecule has 2 heterocycles. The number of alkyl halides is 2. The zero-order chi connectivity index (χ0) is 20.6. The predicted molar refractivity (Wildman–Crippen MR) is 95.3 cm³/mol. The van der Waals surface area contributed by atoms with Crippen molar-refractivity contribution in [3.8, 4) is 0 Å². The lowest BCUT2D eigenvalue weighted by Gasteiger charge is -2.30. The first-order valence-electron chi connectivity index (χ1n) is 8.04. The molecule has 0 radical (unpaired) electrons. The summed E-state index contributed by atoms with van der Waals surface area (Å²) in [4.78, 5) is 23.9. The topological polar surface area (TPSA) is 130 Å². The van der Waals surface area contributed by atoms with Crippen molar-refractivity contribution < 1.29 is 31.9 Å². The van der Waals surface area contributed by atoms with Gasteiger partial charge >= 0.3 is 0 Å². The molecule has 2 rings (SSSR count). The van der Waals surface area contributed by atoms with E-state index < -0.39 is 52.6 Å². The number of hydrogen-bond acceptors (Lipinski definition) is 6. The maximum Gasteiger partial charge on any atom is 0.252 e. The van der Waals surface area contributed by atoms with Crippen LogP contribution in [-0.4, -0.2) is 55.3 Å². The molecule has 1 aliphatic heterocycles. The molecule has 0 aromatic carbocycles. The summed E-state index contributed by atoms with van der Waals surface area (Å²) in [5, 5.41) is 11.6. The molecule has 0 saturated carbocycles. The fraction of sp³-hybridized carbons (Fsp3) is 0.600. The lowest BCUT2D eigenvalue weighted by Crippen LogP contribution is -2.42. The van der Waals surface area contributed by atoms with Crippen LogP contribution in [0.2, 0.25) is 0 Å². The SMILES string of the molecule is CC(C)(CO)C(=O)Nc1sc(S(=O)(=O)N2CCC(F)(F)CC2)cc1C(N)=O. The highest BCUT2D eigenvalue weighted by Gasteiger charge is 2.39. The van der Waals surface area contributed by atoms with Gasteiger partial charge in [0.2, 0.25) is 5.91 Å². The normalized spacial score (nSPS) is 18.3. The Morgan fingerprint density at radius 2 is 1.93 bits per heavy atom. The van der Waals surface area contributed by atoms with E-state index in [9.17, 15) is 31.9 Å². The summed E-state index contributed by atoms with van der Waals surface area (Å²) >= 11 is 0.612. The van der Waals surface area contributed by atoms with E-state index in [0.717, 1.165) is 10.4 Å². The molecule has 2 amide bonds. The minimum absolute atomic E-state index is 0.0741. The molecule has 0 bridgehead atoms. The molecule has 0 spiro atoms. The summed E-state index contributed by atoms with van der Waals surface area (Å²) in [6.07, 6.45) is -1.18. The maximum absolute atomic E-state index is 13.3. The number of hydrogen-bond donors (Lipinski definition) is 3. The van der Waals surface area contributed by atoms with Crippen molar-refractivity contribution in [3.63, 3.8) is 0 Å². The van der Waals surface area contributed by atoms with Crippen LogP contribution in [-0.2, 0) is 14.8 Å².